The summed E-state index contributed by atoms with van der Waals surface area (Å²) in [5, 5.41) is 1.31. The number of rotatable bonds is 8. The molecular weight excluding hydrogens is 500 g/mol. The van der Waals surface area contributed by atoms with Crippen LogP contribution in [0.2, 0.25) is 0 Å². The lowest BCUT2D eigenvalue weighted by atomic mass is 9.85. The van der Waals surface area contributed by atoms with Crippen LogP contribution in [-0.4, -0.2) is 41.2 Å². The van der Waals surface area contributed by atoms with Crippen LogP contribution >= 0.6 is 22.9 Å². The van der Waals surface area contributed by atoms with E-state index in [4.69, 9.17) is 11.6 Å². The van der Waals surface area contributed by atoms with Gasteiger partial charge < -0.3 is 9.80 Å². The van der Waals surface area contributed by atoms with E-state index in [9.17, 15) is 9.59 Å². The van der Waals surface area contributed by atoms with Gasteiger partial charge in [-0.1, -0.05) is 88.7 Å². The lowest BCUT2D eigenvalue weighted by Crippen LogP contribution is -2.47. The summed E-state index contributed by atoms with van der Waals surface area (Å²) in [7, 11) is 0. The SMILES string of the molecule is CCCCN(CC(=O)N1CCc2sccc2C1c1ccc(C(C)(C)C)cc1)C(=O)C(Cl)c1ccccc1. The molecule has 196 valence electrons. The Balaban J connectivity index is 1.60. The molecule has 0 saturated carbocycles. The number of unbranched alkanes of at least 4 members (excludes halogenated alkanes) is 1. The van der Waals surface area contributed by atoms with E-state index in [-0.39, 0.29) is 29.8 Å². The van der Waals surface area contributed by atoms with E-state index in [1.54, 1.807) is 16.2 Å². The van der Waals surface area contributed by atoms with Crippen molar-refractivity contribution in [1.29, 1.82) is 0 Å². The molecule has 1 aliphatic heterocycles. The summed E-state index contributed by atoms with van der Waals surface area (Å²) in [4.78, 5) is 32.2. The molecule has 4 rings (SSSR count). The number of benzene rings is 2. The number of fused-ring (bicyclic) bond motifs is 1. The van der Waals surface area contributed by atoms with Crippen molar-refractivity contribution in [2.75, 3.05) is 19.6 Å². The van der Waals surface area contributed by atoms with Crippen LogP contribution in [-0.2, 0) is 21.4 Å². The van der Waals surface area contributed by atoms with E-state index >= 15 is 0 Å². The highest BCUT2D eigenvalue weighted by atomic mass is 35.5. The fraction of sp³-hybridized carbons (Fsp3) is 0.419. The first-order valence-corrected chi connectivity index (χ1v) is 14.5. The number of carbonyl (C=O) groups excluding carboxylic acids is 2. The van der Waals surface area contributed by atoms with Gasteiger partial charge in [-0.2, -0.15) is 0 Å². The van der Waals surface area contributed by atoms with Crippen LogP contribution in [0, 0.1) is 0 Å². The normalized spacial score (nSPS) is 16.2. The van der Waals surface area contributed by atoms with Gasteiger partial charge in [-0.05, 0) is 52.0 Å². The van der Waals surface area contributed by atoms with Gasteiger partial charge in [0.1, 0.15) is 5.38 Å². The molecule has 4 nitrogen and oxygen atoms in total. The summed E-state index contributed by atoms with van der Waals surface area (Å²) < 4.78 is 0. The molecule has 37 heavy (non-hydrogen) atoms. The summed E-state index contributed by atoms with van der Waals surface area (Å²) in [6.45, 7) is 9.88. The van der Waals surface area contributed by atoms with Crippen molar-refractivity contribution in [3.8, 4) is 0 Å². The minimum atomic E-state index is -0.809. The molecule has 0 radical (unpaired) electrons. The molecule has 0 saturated heterocycles. The molecule has 2 atom stereocenters. The van der Waals surface area contributed by atoms with Crippen LogP contribution in [0.4, 0.5) is 0 Å². The first-order valence-electron chi connectivity index (χ1n) is 13.1. The first kappa shape index (κ1) is 27.4. The smallest absolute Gasteiger partial charge is 0.245 e. The highest BCUT2D eigenvalue weighted by Gasteiger charge is 2.35. The Kier molecular flexibility index (Phi) is 8.76. The maximum atomic E-state index is 13.9. The Morgan fingerprint density at radius 1 is 1.08 bits per heavy atom. The maximum Gasteiger partial charge on any atom is 0.245 e. The molecule has 2 heterocycles. The van der Waals surface area contributed by atoms with Crippen LogP contribution < -0.4 is 0 Å². The molecule has 1 aromatic heterocycles. The third-order valence-electron chi connectivity index (χ3n) is 7.11. The number of thiophene rings is 1. The minimum absolute atomic E-state index is 0.0327. The van der Waals surface area contributed by atoms with Crippen molar-refractivity contribution in [3.63, 3.8) is 0 Å². The van der Waals surface area contributed by atoms with Gasteiger partial charge in [-0.15, -0.1) is 22.9 Å². The van der Waals surface area contributed by atoms with E-state index in [2.05, 4.69) is 63.4 Å². The Bertz CT molecular complexity index is 1200. The highest BCUT2D eigenvalue weighted by molar-refractivity contribution is 7.10. The molecule has 2 amide bonds. The fourth-order valence-electron chi connectivity index (χ4n) is 4.91. The zero-order valence-electron chi connectivity index (χ0n) is 22.2. The molecule has 0 bridgehead atoms. The number of hydrogen-bond donors (Lipinski definition) is 0. The van der Waals surface area contributed by atoms with E-state index in [1.165, 1.54) is 16.0 Å². The van der Waals surface area contributed by atoms with Crippen LogP contribution in [0.3, 0.4) is 0 Å². The van der Waals surface area contributed by atoms with Gasteiger partial charge in [0, 0.05) is 18.0 Å². The average Bonchev–Trinajstić information content (AvgIpc) is 3.38. The van der Waals surface area contributed by atoms with Gasteiger partial charge in [0.25, 0.3) is 0 Å². The molecule has 1 aliphatic rings. The van der Waals surface area contributed by atoms with Gasteiger partial charge in [0.2, 0.25) is 11.8 Å². The van der Waals surface area contributed by atoms with Gasteiger partial charge in [-0.25, -0.2) is 0 Å². The average molecular weight is 537 g/mol. The summed E-state index contributed by atoms with van der Waals surface area (Å²) in [6, 6.07) is 20.0. The molecule has 3 aromatic rings. The molecule has 6 heteroatoms. The Morgan fingerprint density at radius 3 is 2.43 bits per heavy atom. The number of carbonyl (C=O) groups is 2. The second-order valence-electron chi connectivity index (χ2n) is 10.8. The predicted octanol–water partition coefficient (Wildman–Crippen LogP) is 7.13. The number of alkyl halides is 1. The maximum absolute atomic E-state index is 13.9. The van der Waals surface area contributed by atoms with Crippen molar-refractivity contribution >= 4 is 34.8 Å². The third-order valence-corrected chi connectivity index (χ3v) is 8.54. The molecule has 0 fully saturated rings. The van der Waals surface area contributed by atoms with Crippen LogP contribution in [0.5, 0.6) is 0 Å². The van der Waals surface area contributed by atoms with Crippen molar-refractivity contribution in [3.05, 3.63) is 93.2 Å². The monoisotopic (exact) mass is 536 g/mol. The topological polar surface area (TPSA) is 40.6 Å². The Labute approximate surface area is 230 Å². The molecule has 2 aromatic carbocycles. The first-order chi connectivity index (χ1) is 17.7. The van der Waals surface area contributed by atoms with Gasteiger partial charge in [0.15, 0.2) is 0 Å². The second-order valence-corrected chi connectivity index (χ2v) is 12.2. The van der Waals surface area contributed by atoms with Gasteiger partial charge in [0.05, 0.1) is 12.6 Å². The zero-order chi connectivity index (χ0) is 26.6. The Hall–Kier alpha value is -2.63. The van der Waals surface area contributed by atoms with E-state index in [0.717, 1.165) is 30.4 Å². The molecule has 0 spiro atoms. The van der Waals surface area contributed by atoms with Crippen LogP contribution in [0.15, 0.2) is 66.0 Å². The summed E-state index contributed by atoms with van der Waals surface area (Å²) in [5.41, 5.74) is 4.37. The van der Waals surface area contributed by atoms with Crippen LogP contribution in [0.25, 0.3) is 0 Å². The predicted molar refractivity (Wildman–Crippen MR) is 153 cm³/mol. The lowest BCUT2D eigenvalue weighted by Gasteiger charge is -2.38. The van der Waals surface area contributed by atoms with Gasteiger partial charge >= 0.3 is 0 Å². The Morgan fingerprint density at radius 2 is 1.78 bits per heavy atom. The van der Waals surface area contributed by atoms with E-state index < -0.39 is 5.38 Å². The number of amides is 2. The van der Waals surface area contributed by atoms with Crippen LogP contribution in [0.1, 0.15) is 79.1 Å². The van der Waals surface area contributed by atoms with Crippen molar-refractivity contribution in [2.45, 2.75) is 63.8 Å². The molecule has 0 N–H and O–H groups in total. The third kappa shape index (κ3) is 6.27. The number of halogens is 1. The molecule has 0 aliphatic carbocycles. The quantitative estimate of drug-likeness (QED) is 0.287. The molecular formula is C31H37ClN2O2S. The van der Waals surface area contributed by atoms with Gasteiger partial charge in [-0.3, -0.25) is 9.59 Å². The fourth-order valence-corrected chi connectivity index (χ4v) is 6.09. The summed E-state index contributed by atoms with van der Waals surface area (Å²) in [6.07, 6.45) is 2.59. The summed E-state index contributed by atoms with van der Waals surface area (Å²) >= 11 is 8.37. The van der Waals surface area contributed by atoms with E-state index in [0.29, 0.717) is 13.1 Å². The van der Waals surface area contributed by atoms with E-state index in [1.807, 2.05) is 35.2 Å². The minimum Gasteiger partial charge on any atom is -0.332 e. The lowest BCUT2D eigenvalue weighted by molar-refractivity contribution is -0.141. The van der Waals surface area contributed by atoms with Crippen molar-refractivity contribution < 1.29 is 9.59 Å². The van der Waals surface area contributed by atoms with Crippen molar-refractivity contribution in [2.24, 2.45) is 0 Å². The summed E-state index contributed by atoms with van der Waals surface area (Å²) in [5.74, 6) is -0.253. The molecule has 2 unspecified atom stereocenters. The number of hydrogen-bond acceptors (Lipinski definition) is 3. The second kappa shape index (κ2) is 11.8. The largest absolute Gasteiger partial charge is 0.332 e. The zero-order valence-corrected chi connectivity index (χ0v) is 23.8. The highest BCUT2D eigenvalue weighted by Crippen LogP contribution is 2.38. The van der Waals surface area contributed by atoms with Crippen molar-refractivity contribution in [1.82, 2.24) is 9.80 Å². The number of nitrogens with zero attached hydrogens (tertiary/aromatic N) is 2. The standard InChI is InChI=1S/C31H37ClN2O2S/c1-5-6-18-33(30(36)28(32)22-10-8-7-9-11-22)21-27(35)34-19-16-26-25(17-20-37-26)29(34)23-12-14-24(15-13-23)31(2,3)4/h7-15,17,20,28-29H,5-6,16,18-19,21H2,1-4H3.